The molecule has 0 aromatic heterocycles. The number of rotatable bonds is 7. The van der Waals surface area contributed by atoms with E-state index >= 15 is 0 Å². The lowest BCUT2D eigenvalue weighted by Crippen LogP contribution is -2.54. The molecule has 0 saturated heterocycles. The van der Waals surface area contributed by atoms with E-state index in [4.69, 9.17) is 16.3 Å². The fraction of sp³-hybridized carbons (Fsp3) is 0.538. The Morgan fingerprint density at radius 1 is 0.966 bits per heavy atom. The summed E-state index contributed by atoms with van der Waals surface area (Å²) in [5.41, 5.74) is 2.98. The van der Waals surface area contributed by atoms with E-state index in [-0.39, 0.29) is 0 Å². The molecule has 154 valence electrons. The SMILES string of the molecule is CC(NCc1ccc(OCc2cccc(Cl)c2)cc1)C12CC3CC(CC(C3)C1)C2. The van der Waals surface area contributed by atoms with Gasteiger partial charge in [0.1, 0.15) is 12.4 Å². The molecule has 3 heteroatoms. The van der Waals surface area contributed by atoms with E-state index in [1.807, 2.05) is 24.3 Å². The fourth-order valence-electron chi connectivity index (χ4n) is 6.69. The van der Waals surface area contributed by atoms with Gasteiger partial charge in [0.15, 0.2) is 0 Å². The Kier molecular flexibility index (Phi) is 5.34. The van der Waals surface area contributed by atoms with Gasteiger partial charge < -0.3 is 10.1 Å². The van der Waals surface area contributed by atoms with Crippen LogP contribution in [0.5, 0.6) is 5.75 Å². The monoisotopic (exact) mass is 409 g/mol. The van der Waals surface area contributed by atoms with E-state index in [2.05, 4.69) is 36.5 Å². The molecule has 29 heavy (non-hydrogen) atoms. The Balaban J connectivity index is 1.14. The zero-order valence-corrected chi connectivity index (χ0v) is 18.1. The summed E-state index contributed by atoms with van der Waals surface area (Å²) in [6, 6.07) is 17.0. The predicted octanol–water partition coefficient (Wildman–Crippen LogP) is 6.61. The van der Waals surface area contributed by atoms with Crippen LogP contribution in [0, 0.1) is 23.2 Å². The van der Waals surface area contributed by atoms with E-state index in [0.29, 0.717) is 18.1 Å². The van der Waals surface area contributed by atoms with Crippen molar-refractivity contribution in [2.24, 2.45) is 23.2 Å². The second-order valence-electron chi connectivity index (χ2n) is 9.95. The molecule has 0 aliphatic heterocycles. The highest BCUT2D eigenvalue weighted by Crippen LogP contribution is 2.61. The number of hydrogen-bond acceptors (Lipinski definition) is 2. The van der Waals surface area contributed by atoms with Crippen molar-refractivity contribution in [3.63, 3.8) is 0 Å². The molecule has 4 saturated carbocycles. The third-order valence-corrected chi connectivity index (χ3v) is 8.07. The maximum atomic E-state index is 6.04. The van der Waals surface area contributed by atoms with Crippen LogP contribution in [0.25, 0.3) is 0 Å². The first-order chi connectivity index (χ1) is 14.1. The summed E-state index contributed by atoms with van der Waals surface area (Å²) >= 11 is 6.04. The molecule has 4 fully saturated rings. The number of benzene rings is 2. The van der Waals surface area contributed by atoms with E-state index in [1.54, 1.807) is 0 Å². The van der Waals surface area contributed by atoms with E-state index < -0.39 is 0 Å². The van der Waals surface area contributed by atoms with E-state index in [1.165, 1.54) is 44.1 Å². The topological polar surface area (TPSA) is 21.3 Å². The summed E-state index contributed by atoms with van der Waals surface area (Å²) < 4.78 is 5.91. The minimum absolute atomic E-state index is 0.543. The lowest BCUT2D eigenvalue weighted by Gasteiger charge is -2.59. The van der Waals surface area contributed by atoms with Crippen LogP contribution in [-0.2, 0) is 13.2 Å². The average Bonchev–Trinajstić information content (AvgIpc) is 2.70. The molecule has 0 heterocycles. The first-order valence-corrected chi connectivity index (χ1v) is 11.7. The van der Waals surface area contributed by atoms with Gasteiger partial charge >= 0.3 is 0 Å². The van der Waals surface area contributed by atoms with Crippen molar-refractivity contribution in [2.45, 2.75) is 64.6 Å². The summed E-state index contributed by atoms with van der Waals surface area (Å²) in [7, 11) is 0. The van der Waals surface area contributed by atoms with Gasteiger partial charge in [0, 0.05) is 17.6 Å². The second kappa shape index (κ2) is 7.96. The van der Waals surface area contributed by atoms with Crippen molar-refractivity contribution in [3.8, 4) is 5.75 Å². The highest BCUT2D eigenvalue weighted by atomic mass is 35.5. The van der Waals surface area contributed by atoms with Crippen LogP contribution in [0.2, 0.25) is 5.02 Å². The Bertz CT molecular complexity index is 811. The van der Waals surface area contributed by atoms with Gasteiger partial charge in [-0.3, -0.25) is 0 Å². The summed E-state index contributed by atoms with van der Waals surface area (Å²) in [4.78, 5) is 0. The van der Waals surface area contributed by atoms with E-state index in [0.717, 1.165) is 40.6 Å². The lowest BCUT2D eigenvalue weighted by molar-refractivity contribution is -0.0706. The molecule has 4 aliphatic rings. The first-order valence-electron chi connectivity index (χ1n) is 11.3. The molecule has 1 unspecified atom stereocenters. The quantitative estimate of drug-likeness (QED) is 0.555. The van der Waals surface area contributed by atoms with Gasteiger partial charge in [-0.1, -0.05) is 35.9 Å². The standard InChI is InChI=1S/C26H32ClNO/c1-18(26-13-21-9-22(14-26)11-23(10-21)15-26)28-16-19-5-7-25(8-6-19)29-17-20-3-2-4-24(27)12-20/h2-8,12,18,21-23,28H,9-11,13-17H2,1H3. The third-order valence-electron chi connectivity index (χ3n) is 7.83. The highest BCUT2D eigenvalue weighted by molar-refractivity contribution is 6.30. The molecular weight excluding hydrogens is 378 g/mol. The third kappa shape index (κ3) is 4.20. The Labute approximate surface area is 180 Å². The van der Waals surface area contributed by atoms with Crippen molar-refractivity contribution in [1.29, 1.82) is 0 Å². The first kappa shape index (κ1) is 19.5. The lowest BCUT2D eigenvalue weighted by atomic mass is 9.48. The Morgan fingerprint density at radius 2 is 1.62 bits per heavy atom. The molecule has 4 bridgehead atoms. The summed E-state index contributed by atoms with van der Waals surface area (Å²) in [5, 5.41) is 4.63. The predicted molar refractivity (Wildman–Crippen MR) is 119 cm³/mol. The number of ether oxygens (including phenoxy) is 1. The normalized spacial score (nSPS) is 31.0. The molecule has 0 spiro atoms. The van der Waals surface area contributed by atoms with Crippen LogP contribution < -0.4 is 10.1 Å². The van der Waals surface area contributed by atoms with Gasteiger partial charge in [-0.2, -0.15) is 0 Å². The minimum atomic E-state index is 0.543. The molecular formula is C26H32ClNO. The molecule has 6 rings (SSSR count). The molecule has 2 nitrogen and oxygen atoms in total. The Hall–Kier alpha value is -1.51. The van der Waals surface area contributed by atoms with Crippen molar-refractivity contribution in [1.82, 2.24) is 5.32 Å². The van der Waals surface area contributed by atoms with Crippen molar-refractivity contribution < 1.29 is 4.74 Å². The number of hydrogen-bond donors (Lipinski definition) is 1. The van der Waals surface area contributed by atoms with Crippen molar-refractivity contribution in [3.05, 3.63) is 64.7 Å². The highest BCUT2D eigenvalue weighted by Gasteiger charge is 2.52. The van der Waals surface area contributed by atoms with Gasteiger partial charge in [-0.15, -0.1) is 0 Å². The maximum absolute atomic E-state index is 6.04. The molecule has 2 aromatic carbocycles. The van der Waals surface area contributed by atoms with Gasteiger partial charge in [0.2, 0.25) is 0 Å². The molecule has 0 radical (unpaired) electrons. The number of nitrogens with one attached hydrogen (secondary N) is 1. The average molecular weight is 410 g/mol. The molecule has 0 amide bonds. The van der Waals surface area contributed by atoms with Crippen LogP contribution in [0.15, 0.2) is 48.5 Å². The fourth-order valence-corrected chi connectivity index (χ4v) is 6.91. The summed E-state index contributed by atoms with van der Waals surface area (Å²) in [6.07, 6.45) is 8.93. The molecule has 1 atom stereocenters. The van der Waals surface area contributed by atoms with Crippen LogP contribution >= 0.6 is 11.6 Å². The van der Waals surface area contributed by atoms with Gasteiger partial charge in [-0.05, 0) is 104 Å². The van der Waals surface area contributed by atoms with Gasteiger partial charge in [-0.25, -0.2) is 0 Å². The summed E-state index contributed by atoms with van der Waals surface area (Å²) in [5.74, 6) is 3.95. The van der Waals surface area contributed by atoms with E-state index in [9.17, 15) is 0 Å². The summed E-state index contributed by atoms with van der Waals surface area (Å²) in [6.45, 7) is 3.92. The largest absolute Gasteiger partial charge is 0.489 e. The van der Waals surface area contributed by atoms with Gasteiger partial charge in [0.25, 0.3) is 0 Å². The maximum Gasteiger partial charge on any atom is 0.119 e. The molecule has 2 aromatic rings. The minimum Gasteiger partial charge on any atom is -0.489 e. The van der Waals surface area contributed by atoms with Gasteiger partial charge in [0.05, 0.1) is 0 Å². The molecule has 1 N–H and O–H groups in total. The van der Waals surface area contributed by atoms with Crippen LogP contribution in [0.1, 0.15) is 56.6 Å². The zero-order valence-electron chi connectivity index (χ0n) is 17.4. The van der Waals surface area contributed by atoms with Crippen LogP contribution in [-0.4, -0.2) is 6.04 Å². The van der Waals surface area contributed by atoms with Crippen LogP contribution in [0.4, 0.5) is 0 Å². The second-order valence-corrected chi connectivity index (χ2v) is 10.4. The van der Waals surface area contributed by atoms with Crippen molar-refractivity contribution in [2.75, 3.05) is 0 Å². The van der Waals surface area contributed by atoms with Crippen molar-refractivity contribution >= 4 is 11.6 Å². The molecule has 4 aliphatic carbocycles. The van der Waals surface area contributed by atoms with Crippen LogP contribution in [0.3, 0.4) is 0 Å². The zero-order chi connectivity index (χ0) is 19.8. The Morgan fingerprint density at radius 3 is 2.24 bits per heavy atom. The number of halogens is 1. The smallest absolute Gasteiger partial charge is 0.119 e.